The lowest BCUT2D eigenvalue weighted by atomic mass is 9.90. The van der Waals surface area contributed by atoms with E-state index in [1.807, 2.05) is 24.3 Å². The molecule has 2 fully saturated rings. The maximum Gasteiger partial charge on any atom is 0.325 e. The lowest BCUT2D eigenvalue weighted by molar-refractivity contribution is -0.133. The molecule has 2 aromatic carbocycles. The Hall–Kier alpha value is -3.88. The number of amides is 5. The van der Waals surface area contributed by atoms with E-state index in [0.29, 0.717) is 11.3 Å². The Morgan fingerprint density at radius 3 is 2.35 bits per heavy atom. The van der Waals surface area contributed by atoms with Crippen LogP contribution in [0.3, 0.4) is 0 Å². The number of nitrogens with zero attached hydrogens (tertiary/aromatic N) is 2. The van der Waals surface area contributed by atoms with E-state index in [4.69, 9.17) is 5.73 Å². The molecule has 0 spiro atoms. The van der Waals surface area contributed by atoms with Crippen molar-refractivity contribution in [3.05, 3.63) is 59.7 Å². The van der Waals surface area contributed by atoms with E-state index < -0.39 is 35.8 Å². The van der Waals surface area contributed by atoms with E-state index in [2.05, 4.69) is 15.5 Å². The predicted octanol–water partition coefficient (Wildman–Crippen LogP) is 2.57. The second kappa shape index (κ2) is 9.54. The van der Waals surface area contributed by atoms with Crippen LogP contribution in [0.5, 0.6) is 0 Å². The number of nitrogens with two attached hydrogens (primary N) is 1. The van der Waals surface area contributed by atoms with Gasteiger partial charge in [-0.05, 0) is 61.7 Å². The Balaban J connectivity index is 1.41. The summed E-state index contributed by atoms with van der Waals surface area (Å²) in [6.45, 7) is 3.16. The van der Waals surface area contributed by atoms with E-state index >= 15 is 0 Å². The van der Waals surface area contributed by atoms with Gasteiger partial charge >= 0.3 is 6.03 Å². The summed E-state index contributed by atoms with van der Waals surface area (Å²) in [6, 6.07) is 13.1. The lowest BCUT2D eigenvalue weighted by Crippen LogP contribution is -2.42. The first kappa shape index (κ1) is 23.3. The van der Waals surface area contributed by atoms with Gasteiger partial charge in [-0.2, -0.15) is 0 Å². The monoisotopic (exact) mass is 463 g/mol. The minimum absolute atomic E-state index is 0.223. The van der Waals surface area contributed by atoms with Crippen molar-refractivity contribution in [2.24, 2.45) is 5.73 Å². The topological polar surface area (TPSA) is 125 Å². The van der Waals surface area contributed by atoms with Gasteiger partial charge in [0.15, 0.2) is 0 Å². The van der Waals surface area contributed by atoms with Crippen LogP contribution in [0.15, 0.2) is 48.5 Å². The van der Waals surface area contributed by atoms with Crippen molar-refractivity contribution in [3.8, 4) is 0 Å². The molecular weight excluding hydrogens is 434 g/mol. The molecule has 178 valence electrons. The summed E-state index contributed by atoms with van der Waals surface area (Å²) in [5.74, 6) is -1.70. The molecule has 2 heterocycles. The van der Waals surface area contributed by atoms with E-state index in [1.54, 1.807) is 12.1 Å². The SMILES string of the molecule is CC1(c2cccc(C(N)=O)c2)NC(=O)N(CC(=O)Nc2ccc(N3CCCCCC3)cc2)C1=O. The average molecular weight is 464 g/mol. The molecule has 2 aliphatic rings. The van der Waals surface area contributed by atoms with Crippen LogP contribution >= 0.6 is 0 Å². The van der Waals surface area contributed by atoms with Gasteiger partial charge in [0.25, 0.3) is 5.91 Å². The summed E-state index contributed by atoms with van der Waals surface area (Å²) >= 11 is 0. The summed E-state index contributed by atoms with van der Waals surface area (Å²) in [5, 5.41) is 5.38. The highest BCUT2D eigenvalue weighted by Crippen LogP contribution is 2.29. The van der Waals surface area contributed by atoms with Crippen LogP contribution in [0.2, 0.25) is 0 Å². The zero-order valence-corrected chi connectivity index (χ0v) is 19.2. The van der Waals surface area contributed by atoms with Crippen LogP contribution in [0.25, 0.3) is 0 Å². The minimum Gasteiger partial charge on any atom is -0.372 e. The van der Waals surface area contributed by atoms with E-state index in [0.717, 1.165) is 23.7 Å². The van der Waals surface area contributed by atoms with Crippen LogP contribution in [0.1, 0.15) is 48.5 Å². The highest BCUT2D eigenvalue weighted by atomic mass is 16.2. The molecule has 1 atom stereocenters. The van der Waals surface area contributed by atoms with Gasteiger partial charge in [-0.3, -0.25) is 19.3 Å². The summed E-state index contributed by atoms with van der Waals surface area (Å²) in [4.78, 5) is 53.0. The van der Waals surface area contributed by atoms with Crippen LogP contribution in [-0.4, -0.2) is 48.3 Å². The fourth-order valence-electron chi connectivity index (χ4n) is 4.45. The first-order valence-electron chi connectivity index (χ1n) is 11.5. The van der Waals surface area contributed by atoms with Gasteiger partial charge in [-0.1, -0.05) is 25.0 Å². The molecule has 34 heavy (non-hydrogen) atoms. The molecule has 2 aliphatic heterocycles. The predicted molar refractivity (Wildman–Crippen MR) is 128 cm³/mol. The number of carbonyl (C=O) groups is 4. The maximum atomic E-state index is 13.1. The second-order valence-electron chi connectivity index (χ2n) is 8.89. The summed E-state index contributed by atoms with van der Waals surface area (Å²) in [7, 11) is 0. The Morgan fingerprint density at radius 1 is 1.03 bits per heavy atom. The van der Waals surface area contributed by atoms with Crippen molar-refractivity contribution < 1.29 is 19.2 Å². The highest BCUT2D eigenvalue weighted by Gasteiger charge is 2.49. The third-order valence-electron chi connectivity index (χ3n) is 6.42. The van der Waals surface area contributed by atoms with Crippen LogP contribution in [-0.2, 0) is 15.1 Å². The number of rotatable bonds is 6. The normalized spacial score (nSPS) is 20.6. The van der Waals surface area contributed by atoms with Gasteiger partial charge in [-0.25, -0.2) is 4.79 Å². The maximum absolute atomic E-state index is 13.1. The smallest absolute Gasteiger partial charge is 0.325 e. The van der Waals surface area contributed by atoms with Crippen LogP contribution in [0.4, 0.5) is 16.2 Å². The number of primary amides is 1. The van der Waals surface area contributed by atoms with Crippen LogP contribution in [0, 0.1) is 0 Å². The Bertz CT molecular complexity index is 1110. The third kappa shape index (κ3) is 4.73. The summed E-state index contributed by atoms with van der Waals surface area (Å²) in [5.41, 5.74) is 6.27. The number of hydrogen-bond acceptors (Lipinski definition) is 5. The average Bonchev–Trinajstić information content (AvgIpc) is 3.02. The zero-order valence-electron chi connectivity index (χ0n) is 19.2. The lowest BCUT2D eigenvalue weighted by Gasteiger charge is -2.23. The van der Waals surface area contributed by atoms with Gasteiger partial charge in [0.2, 0.25) is 11.8 Å². The standard InChI is InChI=1S/C25H29N5O4/c1-25(18-8-6-7-17(15-18)22(26)32)23(33)30(24(34)28-25)16-21(31)27-19-9-11-20(12-10-19)29-13-4-2-3-5-14-29/h6-12,15H,2-5,13-14,16H2,1H3,(H2,26,32)(H,27,31)(H,28,34). The number of benzene rings is 2. The fourth-order valence-corrected chi connectivity index (χ4v) is 4.45. The highest BCUT2D eigenvalue weighted by molar-refractivity contribution is 6.10. The quantitative estimate of drug-likeness (QED) is 0.568. The first-order chi connectivity index (χ1) is 16.3. The van der Waals surface area contributed by atoms with Gasteiger partial charge in [0.05, 0.1) is 0 Å². The molecule has 0 saturated carbocycles. The number of urea groups is 1. The summed E-state index contributed by atoms with van der Waals surface area (Å²) in [6.07, 6.45) is 4.86. The molecule has 9 nitrogen and oxygen atoms in total. The van der Waals surface area contributed by atoms with Gasteiger partial charge in [0.1, 0.15) is 12.1 Å². The van der Waals surface area contributed by atoms with Crippen molar-refractivity contribution in [2.45, 2.75) is 38.1 Å². The molecule has 4 rings (SSSR count). The molecule has 0 aromatic heterocycles. The van der Waals surface area contributed by atoms with Crippen molar-refractivity contribution in [3.63, 3.8) is 0 Å². The number of anilines is 2. The van der Waals surface area contributed by atoms with Crippen molar-refractivity contribution in [1.82, 2.24) is 10.2 Å². The van der Waals surface area contributed by atoms with Crippen molar-refractivity contribution in [2.75, 3.05) is 29.9 Å². The number of carbonyl (C=O) groups excluding carboxylic acids is 4. The third-order valence-corrected chi connectivity index (χ3v) is 6.42. The number of nitrogens with one attached hydrogen (secondary N) is 2. The first-order valence-corrected chi connectivity index (χ1v) is 11.5. The Kier molecular flexibility index (Phi) is 6.54. The molecule has 4 N–H and O–H groups in total. The fraction of sp³-hybridized carbons (Fsp3) is 0.360. The van der Waals surface area contributed by atoms with Crippen molar-refractivity contribution in [1.29, 1.82) is 0 Å². The largest absolute Gasteiger partial charge is 0.372 e. The van der Waals surface area contributed by atoms with E-state index in [-0.39, 0.29) is 5.56 Å². The molecule has 2 aromatic rings. The molecule has 2 saturated heterocycles. The minimum atomic E-state index is -1.41. The second-order valence-corrected chi connectivity index (χ2v) is 8.89. The summed E-state index contributed by atoms with van der Waals surface area (Å²) < 4.78 is 0. The van der Waals surface area contributed by atoms with E-state index in [9.17, 15) is 19.2 Å². The Morgan fingerprint density at radius 2 is 1.71 bits per heavy atom. The van der Waals surface area contributed by atoms with Crippen molar-refractivity contribution >= 4 is 35.1 Å². The zero-order chi connectivity index (χ0) is 24.3. The number of hydrogen-bond donors (Lipinski definition) is 3. The Labute approximate surface area is 198 Å². The van der Waals surface area contributed by atoms with E-state index in [1.165, 1.54) is 44.7 Å². The molecule has 0 aliphatic carbocycles. The molecule has 0 bridgehead atoms. The van der Waals surface area contributed by atoms with Gasteiger partial charge in [-0.15, -0.1) is 0 Å². The molecule has 9 heteroatoms. The van der Waals surface area contributed by atoms with Gasteiger partial charge < -0.3 is 21.3 Å². The molecular formula is C25H29N5O4. The van der Waals surface area contributed by atoms with Crippen LogP contribution < -0.4 is 21.3 Å². The molecule has 5 amide bonds. The molecule has 0 radical (unpaired) electrons. The number of imide groups is 1. The van der Waals surface area contributed by atoms with Gasteiger partial charge in [0, 0.05) is 30.0 Å². The molecule has 1 unspecified atom stereocenters.